The first-order chi connectivity index (χ1) is 10.6. The maximum absolute atomic E-state index is 12.2. The third-order valence-electron chi connectivity index (χ3n) is 3.93. The molecule has 2 unspecified atom stereocenters. The fourth-order valence-electron chi connectivity index (χ4n) is 2.82. The lowest BCUT2D eigenvalue weighted by molar-refractivity contribution is -0.148. The van der Waals surface area contributed by atoms with Crippen LogP contribution in [0.1, 0.15) is 12.8 Å². The van der Waals surface area contributed by atoms with E-state index in [1.165, 1.54) is 0 Å². The second kappa shape index (κ2) is 5.93. The highest BCUT2D eigenvalue weighted by Gasteiger charge is 2.47. The molecule has 1 heterocycles. The molecule has 0 bridgehead atoms. The predicted octanol–water partition coefficient (Wildman–Crippen LogP) is 2.20. The summed E-state index contributed by atoms with van der Waals surface area (Å²) < 4.78 is 5.12. The van der Waals surface area contributed by atoms with Gasteiger partial charge in [-0.05, 0) is 37.1 Å². The molecular formula is C16H14ClNO4. The number of nitrogens with zero attached hydrogens (tertiary/aromatic N) is 1. The van der Waals surface area contributed by atoms with Crippen LogP contribution in [0.5, 0.6) is 5.75 Å². The van der Waals surface area contributed by atoms with Gasteiger partial charge in [0, 0.05) is 5.02 Å². The molecule has 1 aliphatic carbocycles. The Labute approximate surface area is 132 Å². The summed E-state index contributed by atoms with van der Waals surface area (Å²) in [4.78, 5) is 37.4. The molecule has 2 amide bonds. The molecule has 1 aromatic rings. The first-order valence-corrected chi connectivity index (χ1v) is 7.40. The quantitative estimate of drug-likeness (QED) is 0.371. The van der Waals surface area contributed by atoms with Crippen molar-refractivity contribution in [3.63, 3.8) is 0 Å². The van der Waals surface area contributed by atoms with Crippen molar-refractivity contribution in [2.75, 3.05) is 6.54 Å². The predicted molar refractivity (Wildman–Crippen MR) is 79.2 cm³/mol. The highest BCUT2D eigenvalue weighted by molar-refractivity contribution is 6.30. The monoisotopic (exact) mass is 319 g/mol. The molecule has 1 aliphatic heterocycles. The van der Waals surface area contributed by atoms with Crippen LogP contribution in [0.25, 0.3) is 0 Å². The standard InChI is InChI=1S/C16H14ClNO4/c17-10-5-7-11(8-6-10)22-14(19)9-18-15(20)12-3-1-2-4-13(12)16(18)21/h1-2,5-8,12-13H,3-4,9H2. The van der Waals surface area contributed by atoms with E-state index in [2.05, 4.69) is 0 Å². The molecule has 2 atom stereocenters. The minimum absolute atomic E-state index is 0.285. The number of carbonyl (C=O) groups excluding carboxylic acids is 3. The summed E-state index contributed by atoms with van der Waals surface area (Å²) in [5, 5.41) is 0.529. The van der Waals surface area contributed by atoms with Crippen molar-refractivity contribution in [3.05, 3.63) is 41.4 Å². The van der Waals surface area contributed by atoms with Gasteiger partial charge in [-0.2, -0.15) is 0 Å². The molecule has 0 spiro atoms. The molecular weight excluding hydrogens is 306 g/mol. The average molecular weight is 320 g/mol. The zero-order valence-electron chi connectivity index (χ0n) is 11.7. The summed E-state index contributed by atoms with van der Waals surface area (Å²) in [5.74, 6) is -1.55. The van der Waals surface area contributed by atoms with Crippen LogP contribution in [-0.2, 0) is 14.4 Å². The van der Waals surface area contributed by atoms with Gasteiger partial charge in [-0.15, -0.1) is 0 Å². The summed E-state index contributed by atoms with van der Waals surface area (Å²) in [6.45, 7) is -0.354. The van der Waals surface area contributed by atoms with Crippen molar-refractivity contribution >= 4 is 29.4 Å². The Morgan fingerprint density at radius 1 is 1.09 bits per heavy atom. The summed E-state index contributed by atoms with van der Waals surface area (Å²) in [5.41, 5.74) is 0. The maximum Gasteiger partial charge on any atom is 0.331 e. The summed E-state index contributed by atoms with van der Waals surface area (Å²) in [6, 6.07) is 6.29. The minimum atomic E-state index is -0.643. The number of allylic oxidation sites excluding steroid dienone is 2. The number of likely N-dealkylation sites (tertiary alicyclic amines) is 1. The molecule has 1 saturated heterocycles. The van der Waals surface area contributed by atoms with Gasteiger partial charge in [0.2, 0.25) is 11.8 Å². The second-order valence-corrected chi connectivity index (χ2v) is 5.78. The number of hydrogen-bond acceptors (Lipinski definition) is 4. The Bertz CT molecular complexity index is 627. The smallest absolute Gasteiger partial charge is 0.331 e. The van der Waals surface area contributed by atoms with Gasteiger partial charge >= 0.3 is 5.97 Å². The van der Waals surface area contributed by atoms with Gasteiger partial charge in [0.05, 0.1) is 11.8 Å². The number of hydrogen-bond donors (Lipinski definition) is 0. The fraction of sp³-hybridized carbons (Fsp3) is 0.312. The van der Waals surface area contributed by atoms with Crippen LogP contribution in [0.3, 0.4) is 0 Å². The third-order valence-corrected chi connectivity index (χ3v) is 4.18. The van der Waals surface area contributed by atoms with E-state index in [9.17, 15) is 14.4 Å². The van der Waals surface area contributed by atoms with E-state index in [4.69, 9.17) is 16.3 Å². The lowest BCUT2D eigenvalue weighted by Gasteiger charge is -2.14. The largest absolute Gasteiger partial charge is 0.425 e. The van der Waals surface area contributed by atoms with Gasteiger partial charge in [0.25, 0.3) is 0 Å². The fourth-order valence-corrected chi connectivity index (χ4v) is 2.95. The van der Waals surface area contributed by atoms with Gasteiger partial charge in [-0.25, -0.2) is 4.79 Å². The zero-order valence-corrected chi connectivity index (χ0v) is 12.5. The normalized spacial score (nSPS) is 23.6. The van der Waals surface area contributed by atoms with Gasteiger partial charge in [-0.3, -0.25) is 14.5 Å². The number of ether oxygens (including phenoxy) is 1. The number of imide groups is 1. The molecule has 1 aromatic carbocycles. The summed E-state index contributed by atoms with van der Waals surface area (Å²) in [6.07, 6.45) is 4.92. The van der Waals surface area contributed by atoms with E-state index >= 15 is 0 Å². The first-order valence-electron chi connectivity index (χ1n) is 7.02. The van der Waals surface area contributed by atoms with E-state index in [0.717, 1.165) is 4.90 Å². The number of halogens is 1. The van der Waals surface area contributed by atoms with Crippen molar-refractivity contribution in [1.82, 2.24) is 4.90 Å². The van der Waals surface area contributed by atoms with Gasteiger partial charge < -0.3 is 4.74 Å². The van der Waals surface area contributed by atoms with Crippen LogP contribution >= 0.6 is 11.6 Å². The van der Waals surface area contributed by atoms with E-state index in [1.54, 1.807) is 24.3 Å². The van der Waals surface area contributed by atoms with E-state index in [1.807, 2.05) is 12.2 Å². The zero-order chi connectivity index (χ0) is 15.7. The van der Waals surface area contributed by atoms with Crippen LogP contribution in [0.15, 0.2) is 36.4 Å². The van der Waals surface area contributed by atoms with Gasteiger partial charge in [-0.1, -0.05) is 23.8 Å². The molecule has 22 heavy (non-hydrogen) atoms. The molecule has 1 fully saturated rings. The van der Waals surface area contributed by atoms with Crippen LogP contribution < -0.4 is 4.74 Å². The van der Waals surface area contributed by atoms with Crippen LogP contribution in [0.4, 0.5) is 0 Å². The molecule has 3 rings (SSSR count). The SMILES string of the molecule is O=C(CN1C(=O)C2CC=CCC2C1=O)Oc1ccc(Cl)cc1. The van der Waals surface area contributed by atoms with Crippen molar-refractivity contribution in [3.8, 4) is 5.75 Å². The number of fused-ring (bicyclic) bond motifs is 1. The second-order valence-electron chi connectivity index (χ2n) is 5.35. The number of rotatable bonds is 3. The van der Waals surface area contributed by atoms with Crippen LogP contribution in [-0.4, -0.2) is 29.2 Å². The number of amides is 2. The molecule has 6 heteroatoms. The molecule has 0 aromatic heterocycles. The van der Waals surface area contributed by atoms with Crippen molar-refractivity contribution in [2.24, 2.45) is 11.8 Å². The Hall–Kier alpha value is -2.14. The Morgan fingerprint density at radius 3 is 2.18 bits per heavy atom. The minimum Gasteiger partial charge on any atom is -0.425 e. The van der Waals surface area contributed by atoms with Gasteiger partial charge in [0.15, 0.2) is 0 Å². The average Bonchev–Trinajstić information content (AvgIpc) is 2.75. The third kappa shape index (κ3) is 2.76. The molecule has 114 valence electrons. The van der Waals surface area contributed by atoms with E-state index < -0.39 is 5.97 Å². The first kappa shape index (κ1) is 14.8. The Kier molecular flexibility index (Phi) is 3.98. The van der Waals surface area contributed by atoms with Gasteiger partial charge in [0.1, 0.15) is 12.3 Å². The molecule has 0 radical (unpaired) electrons. The lowest BCUT2D eigenvalue weighted by atomic mass is 9.85. The molecule has 5 nitrogen and oxygen atoms in total. The van der Waals surface area contributed by atoms with Crippen LogP contribution in [0.2, 0.25) is 5.02 Å². The Balaban J connectivity index is 1.65. The van der Waals surface area contributed by atoms with E-state index in [0.29, 0.717) is 23.6 Å². The number of carbonyl (C=O) groups is 3. The van der Waals surface area contributed by atoms with Crippen molar-refractivity contribution in [1.29, 1.82) is 0 Å². The number of esters is 1. The molecule has 0 saturated carbocycles. The van der Waals surface area contributed by atoms with Crippen molar-refractivity contribution in [2.45, 2.75) is 12.8 Å². The highest BCUT2D eigenvalue weighted by Crippen LogP contribution is 2.34. The van der Waals surface area contributed by atoms with E-state index in [-0.39, 0.29) is 30.2 Å². The summed E-state index contributed by atoms with van der Waals surface area (Å²) >= 11 is 5.75. The summed E-state index contributed by atoms with van der Waals surface area (Å²) in [7, 11) is 0. The van der Waals surface area contributed by atoms with Crippen molar-refractivity contribution < 1.29 is 19.1 Å². The molecule has 0 N–H and O–H groups in total. The topological polar surface area (TPSA) is 63.7 Å². The lowest BCUT2D eigenvalue weighted by Crippen LogP contribution is -2.37. The number of benzene rings is 1. The Morgan fingerprint density at radius 2 is 1.64 bits per heavy atom. The molecule has 2 aliphatic rings. The van der Waals surface area contributed by atoms with Crippen LogP contribution in [0, 0.1) is 11.8 Å². The highest BCUT2D eigenvalue weighted by atomic mass is 35.5. The maximum atomic E-state index is 12.2.